The zero-order chi connectivity index (χ0) is 19.1. The zero-order valence-electron chi connectivity index (χ0n) is 15.5. The Morgan fingerprint density at radius 2 is 1.41 bits per heavy atom. The fourth-order valence-electron chi connectivity index (χ4n) is 2.92. The van der Waals surface area contributed by atoms with E-state index in [9.17, 15) is 10.1 Å². The maximum absolute atomic E-state index is 10.7. The molecule has 0 atom stereocenters. The number of benzene rings is 2. The molecule has 138 valence electrons. The highest BCUT2D eigenvalue weighted by Crippen LogP contribution is 2.19. The van der Waals surface area contributed by atoms with Gasteiger partial charge >= 0.3 is 0 Å². The number of nitro groups is 1. The van der Waals surface area contributed by atoms with Crippen LogP contribution in [0.1, 0.15) is 36.7 Å². The highest BCUT2D eigenvalue weighted by molar-refractivity contribution is 5.61. The van der Waals surface area contributed by atoms with Gasteiger partial charge in [-0.1, -0.05) is 49.7 Å². The van der Waals surface area contributed by atoms with E-state index in [0.717, 1.165) is 35.4 Å². The van der Waals surface area contributed by atoms with Crippen LogP contribution in [0, 0.1) is 10.1 Å². The Kier molecular flexibility index (Phi) is 6.26. The number of hydrogen-bond acceptors (Lipinski definition) is 4. The predicted octanol–water partition coefficient (Wildman–Crippen LogP) is 5.18. The van der Waals surface area contributed by atoms with Gasteiger partial charge in [-0.15, -0.1) is 0 Å². The van der Waals surface area contributed by atoms with Crippen LogP contribution in [0.15, 0.2) is 60.9 Å². The van der Waals surface area contributed by atoms with Crippen molar-refractivity contribution in [3.8, 4) is 11.1 Å². The number of hydrogen-bond donors (Lipinski definition) is 0. The molecule has 0 N–H and O–H groups in total. The van der Waals surface area contributed by atoms with Gasteiger partial charge < -0.3 is 0 Å². The van der Waals surface area contributed by atoms with E-state index in [4.69, 9.17) is 0 Å². The molecule has 0 bridgehead atoms. The van der Waals surface area contributed by atoms with E-state index in [1.165, 1.54) is 30.5 Å². The third-order valence-electron chi connectivity index (χ3n) is 4.60. The number of rotatable bonds is 8. The van der Waals surface area contributed by atoms with Crippen molar-refractivity contribution in [1.29, 1.82) is 0 Å². The Morgan fingerprint density at radius 1 is 0.815 bits per heavy atom. The molecule has 0 radical (unpaired) electrons. The van der Waals surface area contributed by atoms with Crippen LogP contribution in [-0.4, -0.2) is 14.9 Å². The number of aryl methyl sites for hydroxylation is 3. The maximum atomic E-state index is 10.7. The van der Waals surface area contributed by atoms with E-state index in [-0.39, 0.29) is 10.6 Å². The van der Waals surface area contributed by atoms with Crippen molar-refractivity contribution in [3.05, 3.63) is 88.0 Å². The van der Waals surface area contributed by atoms with Gasteiger partial charge in [0.25, 0.3) is 5.69 Å². The highest BCUT2D eigenvalue weighted by atomic mass is 16.6. The van der Waals surface area contributed by atoms with Gasteiger partial charge in [-0.05, 0) is 36.0 Å². The van der Waals surface area contributed by atoms with Crippen LogP contribution in [0.5, 0.6) is 0 Å². The maximum Gasteiger partial charge on any atom is 0.269 e. The average Bonchev–Trinajstić information content (AvgIpc) is 2.72. The molecule has 5 nitrogen and oxygen atoms in total. The van der Waals surface area contributed by atoms with Gasteiger partial charge in [0.15, 0.2) is 0 Å². The molecule has 0 saturated heterocycles. The predicted molar refractivity (Wildman–Crippen MR) is 107 cm³/mol. The minimum Gasteiger partial charge on any atom is -0.258 e. The van der Waals surface area contributed by atoms with Crippen molar-refractivity contribution < 1.29 is 4.92 Å². The van der Waals surface area contributed by atoms with Crippen molar-refractivity contribution in [3.63, 3.8) is 0 Å². The normalized spacial score (nSPS) is 10.7. The second kappa shape index (κ2) is 9.03. The Hall–Kier alpha value is -3.08. The highest BCUT2D eigenvalue weighted by Gasteiger charge is 2.05. The van der Waals surface area contributed by atoms with Crippen LogP contribution in [-0.2, 0) is 19.3 Å². The summed E-state index contributed by atoms with van der Waals surface area (Å²) in [5, 5.41) is 10.7. The van der Waals surface area contributed by atoms with Crippen LogP contribution >= 0.6 is 0 Å². The van der Waals surface area contributed by atoms with E-state index in [1.807, 2.05) is 12.4 Å². The molecule has 1 heterocycles. The molecule has 1 aromatic heterocycles. The van der Waals surface area contributed by atoms with E-state index < -0.39 is 0 Å². The first kappa shape index (κ1) is 18.7. The molecular weight excluding hydrogens is 338 g/mol. The molecule has 0 saturated carbocycles. The summed E-state index contributed by atoms with van der Waals surface area (Å²) in [5.74, 6) is 0.775. The van der Waals surface area contributed by atoms with Crippen molar-refractivity contribution in [2.75, 3.05) is 0 Å². The van der Waals surface area contributed by atoms with Gasteiger partial charge in [0.2, 0.25) is 0 Å². The van der Waals surface area contributed by atoms with Crippen LogP contribution in [0.3, 0.4) is 0 Å². The minimum absolute atomic E-state index is 0.111. The van der Waals surface area contributed by atoms with Gasteiger partial charge in [0.05, 0.1) is 4.92 Å². The summed E-state index contributed by atoms with van der Waals surface area (Å²) in [6, 6.07) is 15.2. The quantitative estimate of drug-likeness (QED) is 0.409. The van der Waals surface area contributed by atoms with Gasteiger partial charge in [0.1, 0.15) is 5.82 Å². The Balaban J connectivity index is 1.59. The third-order valence-corrected chi connectivity index (χ3v) is 4.60. The first-order valence-electron chi connectivity index (χ1n) is 9.29. The van der Waals surface area contributed by atoms with Crippen LogP contribution < -0.4 is 0 Å². The Morgan fingerprint density at radius 3 is 2.00 bits per heavy atom. The lowest BCUT2D eigenvalue weighted by Crippen LogP contribution is -1.98. The molecule has 0 fully saturated rings. The lowest BCUT2D eigenvalue weighted by Gasteiger charge is -2.05. The molecule has 0 aliphatic carbocycles. The lowest BCUT2D eigenvalue weighted by molar-refractivity contribution is -0.384. The summed E-state index contributed by atoms with van der Waals surface area (Å²) in [5.41, 5.74) is 4.64. The monoisotopic (exact) mass is 361 g/mol. The van der Waals surface area contributed by atoms with Crippen molar-refractivity contribution >= 4 is 5.69 Å². The smallest absolute Gasteiger partial charge is 0.258 e. The standard InChI is InChI=1S/C22H23N3O2/c1-2-3-4-17-5-10-19(11-6-17)20-15-23-22(24-16-20)14-9-18-7-12-21(13-8-18)25(26)27/h5-8,10-13,15-16H,2-4,9,14H2,1H3. The first-order valence-corrected chi connectivity index (χ1v) is 9.29. The second-order valence-electron chi connectivity index (χ2n) is 6.61. The molecule has 27 heavy (non-hydrogen) atoms. The summed E-state index contributed by atoms with van der Waals surface area (Å²) in [6.07, 6.45) is 8.72. The largest absolute Gasteiger partial charge is 0.269 e. The fraction of sp³-hybridized carbons (Fsp3) is 0.273. The van der Waals surface area contributed by atoms with E-state index in [1.54, 1.807) is 12.1 Å². The van der Waals surface area contributed by atoms with E-state index in [2.05, 4.69) is 41.2 Å². The molecular formula is C22H23N3O2. The number of unbranched alkanes of at least 4 members (excludes halogenated alkanes) is 1. The summed E-state index contributed by atoms with van der Waals surface area (Å²) in [4.78, 5) is 19.2. The topological polar surface area (TPSA) is 68.9 Å². The molecule has 0 aliphatic rings. The first-order chi connectivity index (χ1) is 13.2. The molecule has 3 rings (SSSR count). The summed E-state index contributed by atoms with van der Waals surface area (Å²) in [7, 11) is 0. The Labute approximate surface area is 159 Å². The molecule has 0 unspecified atom stereocenters. The molecule has 0 spiro atoms. The van der Waals surface area contributed by atoms with Gasteiger partial charge in [-0.3, -0.25) is 10.1 Å². The van der Waals surface area contributed by atoms with Crippen LogP contribution in [0.2, 0.25) is 0 Å². The van der Waals surface area contributed by atoms with E-state index in [0.29, 0.717) is 6.42 Å². The molecule has 0 aliphatic heterocycles. The number of aromatic nitrogens is 2. The van der Waals surface area contributed by atoms with E-state index >= 15 is 0 Å². The SMILES string of the molecule is CCCCc1ccc(-c2cnc(CCc3ccc([N+](=O)[O-])cc3)nc2)cc1. The number of nitrogens with zero attached hydrogens (tertiary/aromatic N) is 3. The summed E-state index contributed by atoms with van der Waals surface area (Å²) in [6.45, 7) is 2.20. The van der Waals surface area contributed by atoms with Crippen LogP contribution in [0.4, 0.5) is 5.69 Å². The summed E-state index contributed by atoms with van der Waals surface area (Å²) >= 11 is 0. The zero-order valence-corrected chi connectivity index (χ0v) is 15.5. The Bertz CT molecular complexity index is 873. The van der Waals surface area contributed by atoms with Crippen molar-refractivity contribution in [2.24, 2.45) is 0 Å². The molecule has 0 amide bonds. The van der Waals surface area contributed by atoms with Gasteiger partial charge in [0, 0.05) is 36.5 Å². The second-order valence-corrected chi connectivity index (χ2v) is 6.61. The average molecular weight is 361 g/mol. The molecule has 5 heteroatoms. The third kappa shape index (κ3) is 5.20. The fourth-order valence-corrected chi connectivity index (χ4v) is 2.92. The lowest BCUT2D eigenvalue weighted by atomic mass is 10.0. The summed E-state index contributed by atoms with van der Waals surface area (Å²) < 4.78 is 0. The van der Waals surface area contributed by atoms with Crippen molar-refractivity contribution in [2.45, 2.75) is 39.0 Å². The van der Waals surface area contributed by atoms with Gasteiger partial charge in [-0.25, -0.2) is 9.97 Å². The van der Waals surface area contributed by atoms with Gasteiger partial charge in [-0.2, -0.15) is 0 Å². The molecule has 2 aromatic carbocycles. The minimum atomic E-state index is -0.387. The van der Waals surface area contributed by atoms with Crippen molar-refractivity contribution in [1.82, 2.24) is 9.97 Å². The molecule has 3 aromatic rings. The van der Waals surface area contributed by atoms with Crippen LogP contribution in [0.25, 0.3) is 11.1 Å². The number of nitro benzene ring substituents is 1. The number of non-ortho nitro benzene ring substituents is 1.